The minimum Gasteiger partial charge on any atom is -0.493 e. The Hall–Kier alpha value is -4.66. The minimum atomic E-state index is -0.423. The number of aromatic nitrogens is 2. The van der Waals surface area contributed by atoms with E-state index < -0.39 is 5.91 Å². The molecule has 2 aromatic heterocycles. The van der Waals surface area contributed by atoms with Crippen molar-refractivity contribution in [3.8, 4) is 22.8 Å². The summed E-state index contributed by atoms with van der Waals surface area (Å²) in [5.41, 5.74) is 2.56. The van der Waals surface area contributed by atoms with Crippen molar-refractivity contribution in [2.24, 2.45) is 0 Å². The lowest BCUT2D eigenvalue weighted by atomic mass is 10.1. The monoisotopic (exact) mass is 486 g/mol. The number of hydrogen-bond donors (Lipinski definition) is 1. The number of carbonyl (C=O) groups excluding carboxylic acids is 2. The smallest absolute Gasteiger partial charge is 0.276 e. The average molecular weight is 487 g/mol. The number of carbonyl (C=O) groups is 2. The maximum Gasteiger partial charge on any atom is 0.276 e. The van der Waals surface area contributed by atoms with E-state index >= 15 is 0 Å². The molecule has 0 aliphatic carbocycles. The van der Waals surface area contributed by atoms with Gasteiger partial charge in [0.2, 0.25) is 5.91 Å². The van der Waals surface area contributed by atoms with Crippen LogP contribution in [0.5, 0.6) is 11.5 Å². The van der Waals surface area contributed by atoms with Gasteiger partial charge >= 0.3 is 0 Å². The zero-order valence-corrected chi connectivity index (χ0v) is 20.0. The highest BCUT2D eigenvalue weighted by Crippen LogP contribution is 2.32. The second-order valence-corrected chi connectivity index (χ2v) is 7.93. The number of nitrogens with zero attached hydrogens (tertiary/aromatic N) is 3. The van der Waals surface area contributed by atoms with E-state index in [1.165, 1.54) is 12.0 Å². The van der Waals surface area contributed by atoms with E-state index in [9.17, 15) is 9.59 Å². The van der Waals surface area contributed by atoms with Crippen LogP contribution in [0.3, 0.4) is 0 Å². The Balaban J connectivity index is 1.52. The van der Waals surface area contributed by atoms with E-state index in [0.717, 1.165) is 11.1 Å². The van der Waals surface area contributed by atoms with Crippen LogP contribution in [0, 0.1) is 0 Å². The van der Waals surface area contributed by atoms with Crippen molar-refractivity contribution in [3.05, 3.63) is 95.9 Å². The van der Waals surface area contributed by atoms with E-state index in [1.807, 2.05) is 42.5 Å². The number of methoxy groups -OCH3 is 2. The van der Waals surface area contributed by atoms with Crippen molar-refractivity contribution in [2.75, 3.05) is 20.8 Å². The zero-order chi connectivity index (χ0) is 25.3. The number of rotatable bonds is 10. The molecule has 2 heterocycles. The van der Waals surface area contributed by atoms with Gasteiger partial charge in [-0.25, -0.2) is 0 Å². The Morgan fingerprint density at radius 1 is 0.917 bits per heavy atom. The van der Waals surface area contributed by atoms with Crippen LogP contribution in [0.25, 0.3) is 11.3 Å². The molecule has 0 unspecified atom stereocenters. The maximum atomic E-state index is 13.4. The van der Waals surface area contributed by atoms with Crippen LogP contribution in [0.1, 0.15) is 21.6 Å². The van der Waals surface area contributed by atoms with E-state index in [1.54, 1.807) is 43.8 Å². The summed E-state index contributed by atoms with van der Waals surface area (Å²) in [5.74, 6) is 0.772. The van der Waals surface area contributed by atoms with Crippen LogP contribution in [0.4, 0.5) is 0 Å². The summed E-state index contributed by atoms with van der Waals surface area (Å²) in [7, 11) is 3.09. The van der Waals surface area contributed by atoms with Gasteiger partial charge < -0.3 is 24.2 Å². The first-order valence-electron chi connectivity index (χ1n) is 11.3. The molecular formula is C27H26N4O5. The molecule has 9 nitrogen and oxygen atoms in total. The SMILES string of the molecule is COc1ccc(-c2cc(C(=O)N(CC(=O)NCc3ccncc3)Cc3ccccc3)no2)cc1OC. The Bertz CT molecular complexity index is 1310. The molecule has 36 heavy (non-hydrogen) atoms. The maximum absolute atomic E-state index is 13.4. The molecule has 0 saturated heterocycles. The summed E-state index contributed by atoms with van der Waals surface area (Å²) in [6, 6.07) is 19.9. The van der Waals surface area contributed by atoms with Crippen molar-refractivity contribution >= 4 is 11.8 Å². The summed E-state index contributed by atoms with van der Waals surface area (Å²) in [6.07, 6.45) is 3.32. The van der Waals surface area contributed by atoms with Gasteiger partial charge in [0.1, 0.15) is 6.54 Å². The molecule has 0 spiro atoms. The molecule has 0 fully saturated rings. The summed E-state index contributed by atoms with van der Waals surface area (Å²) in [4.78, 5) is 31.5. The molecule has 0 saturated carbocycles. The fraction of sp³-hybridized carbons (Fsp3) is 0.185. The van der Waals surface area contributed by atoms with Gasteiger partial charge in [-0.05, 0) is 41.5 Å². The fourth-order valence-corrected chi connectivity index (χ4v) is 3.60. The second-order valence-electron chi connectivity index (χ2n) is 7.93. The highest BCUT2D eigenvalue weighted by molar-refractivity contribution is 5.95. The van der Waals surface area contributed by atoms with Crippen LogP contribution >= 0.6 is 0 Å². The van der Waals surface area contributed by atoms with Gasteiger partial charge in [-0.1, -0.05) is 35.5 Å². The topological polar surface area (TPSA) is 107 Å². The van der Waals surface area contributed by atoms with E-state index in [4.69, 9.17) is 14.0 Å². The molecule has 4 rings (SSSR count). The first-order chi connectivity index (χ1) is 17.6. The number of benzene rings is 2. The zero-order valence-electron chi connectivity index (χ0n) is 20.0. The quantitative estimate of drug-likeness (QED) is 0.364. The van der Waals surface area contributed by atoms with Crippen LogP contribution < -0.4 is 14.8 Å². The largest absolute Gasteiger partial charge is 0.493 e. The lowest BCUT2D eigenvalue weighted by Gasteiger charge is -2.21. The lowest BCUT2D eigenvalue weighted by molar-refractivity contribution is -0.122. The van der Waals surface area contributed by atoms with Crippen LogP contribution in [-0.2, 0) is 17.9 Å². The van der Waals surface area contributed by atoms with Crippen LogP contribution in [0.2, 0.25) is 0 Å². The molecule has 1 N–H and O–H groups in total. The van der Waals surface area contributed by atoms with Crippen molar-refractivity contribution < 1.29 is 23.6 Å². The molecule has 0 aliphatic heterocycles. The second kappa shape index (κ2) is 11.7. The minimum absolute atomic E-state index is 0.0950. The third kappa shape index (κ3) is 6.06. The first-order valence-corrected chi connectivity index (χ1v) is 11.3. The Labute approximate surface area is 208 Å². The Morgan fingerprint density at radius 2 is 1.67 bits per heavy atom. The summed E-state index contributed by atoms with van der Waals surface area (Å²) in [5, 5.41) is 6.82. The summed E-state index contributed by atoms with van der Waals surface area (Å²) >= 11 is 0. The number of hydrogen-bond acceptors (Lipinski definition) is 7. The first kappa shape index (κ1) is 24.5. The molecule has 2 amide bonds. The lowest BCUT2D eigenvalue weighted by Crippen LogP contribution is -2.40. The van der Waals surface area contributed by atoms with Crippen molar-refractivity contribution in [2.45, 2.75) is 13.1 Å². The van der Waals surface area contributed by atoms with Gasteiger partial charge in [-0.15, -0.1) is 0 Å². The predicted octanol–water partition coefficient (Wildman–Crippen LogP) is 3.71. The van der Waals surface area contributed by atoms with Gasteiger partial charge in [0.25, 0.3) is 5.91 Å². The fourth-order valence-electron chi connectivity index (χ4n) is 3.60. The molecule has 184 valence electrons. The van der Waals surface area contributed by atoms with E-state index in [-0.39, 0.29) is 24.7 Å². The predicted molar refractivity (Wildman–Crippen MR) is 132 cm³/mol. The number of pyridine rings is 1. The van der Waals surface area contributed by atoms with Gasteiger partial charge in [0.05, 0.1) is 14.2 Å². The molecule has 2 aromatic carbocycles. The Morgan fingerprint density at radius 3 is 2.39 bits per heavy atom. The van der Waals surface area contributed by atoms with Crippen molar-refractivity contribution in [3.63, 3.8) is 0 Å². The third-order valence-electron chi connectivity index (χ3n) is 5.47. The number of ether oxygens (including phenoxy) is 2. The molecule has 0 bridgehead atoms. The van der Waals surface area contributed by atoms with Gasteiger partial charge in [-0.2, -0.15) is 0 Å². The Kier molecular flexibility index (Phi) is 7.92. The molecular weight excluding hydrogens is 460 g/mol. The molecule has 4 aromatic rings. The van der Waals surface area contributed by atoms with E-state index in [0.29, 0.717) is 29.4 Å². The molecule has 0 atom stereocenters. The van der Waals surface area contributed by atoms with E-state index in [2.05, 4.69) is 15.5 Å². The summed E-state index contributed by atoms with van der Waals surface area (Å²) in [6.45, 7) is 0.431. The number of amides is 2. The van der Waals surface area contributed by atoms with Gasteiger partial charge in [-0.3, -0.25) is 14.6 Å². The highest BCUT2D eigenvalue weighted by atomic mass is 16.5. The third-order valence-corrected chi connectivity index (χ3v) is 5.47. The van der Waals surface area contributed by atoms with Crippen LogP contribution in [0.15, 0.2) is 83.6 Å². The van der Waals surface area contributed by atoms with Gasteiger partial charge in [0.15, 0.2) is 23.0 Å². The average Bonchev–Trinajstić information content (AvgIpc) is 3.42. The van der Waals surface area contributed by atoms with Crippen LogP contribution in [-0.4, -0.2) is 47.6 Å². The molecule has 0 radical (unpaired) electrons. The van der Waals surface area contributed by atoms with Crippen molar-refractivity contribution in [1.82, 2.24) is 20.4 Å². The normalized spacial score (nSPS) is 10.5. The van der Waals surface area contributed by atoms with Gasteiger partial charge in [0, 0.05) is 37.1 Å². The number of nitrogens with one attached hydrogen (secondary N) is 1. The molecule has 0 aliphatic rings. The summed E-state index contributed by atoms with van der Waals surface area (Å²) < 4.78 is 16.1. The standard InChI is InChI=1S/C27H26N4O5/c1-34-23-9-8-21(14-25(23)35-2)24-15-22(30-36-24)27(33)31(17-20-6-4-3-5-7-20)18-26(32)29-16-19-10-12-28-13-11-19/h3-15H,16-18H2,1-2H3,(H,29,32). The molecule has 9 heteroatoms. The van der Waals surface area contributed by atoms with Crippen molar-refractivity contribution in [1.29, 1.82) is 0 Å². The highest BCUT2D eigenvalue weighted by Gasteiger charge is 2.23.